The Bertz CT molecular complexity index is 2760. The summed E-state index contributed by atoms with van der Waals surface area (Å²) in [6.45, 7) is 4.72. The second kappa shape index (κ2) is 10.7. The van der Waals surface area contributed by atoms with Crippen LogP contribution >= 0.6 is 11.3 Å². The van der Waals surface area contributed by atoms with Gasteiger partial charge in [0.25, 0.3) is 0 Å². The Hall–Kier alpha value is -5.70. The van der Waals surface area contributed by atoms with Crippen LogP contribution in [0.2, 0.25) is 0 Å². The van der Waals surface area contributed by atoms with Crippen LogP contribution in [-0.2, 0) is 5.41 Å². The normalized spacial score (nSPS) is 13.3. The van der Waals surface area contributed by atoms with Gasteiger partial charge in [0.05, 0.1) is 5.69 Å². The molecular weight excluding hydrogens is 611 g/mol. The van der Waals surface area contributed by atoms with Crippen LogP contribution < -0.4 is 4.90 Å². The van der Waals surface area contributed by atoms with E-state index in [9.17, 15) is 0 Å². The highest BCUT2D eigenvalue weighted by Crippen LogP contribution is 2.54. The molecule has 10 rings (SSSR count). The Kier molecular flexibility index (Phi) is 6.16. The molecule has 232 valence electrons. The van der Waals surface area contributed by atoms with Crippen molar-refractivity contribution in [3.05, 3.63) is 175 Å². The van der Waals surface area contributed by atoms with Crippen LogP contribution in [0.4, 0.5) is 17.1 Å². The fourth-order valence-corrected chi connectivity index (χ4v) is 9.54. The first-order valence-corrected chi connectivity index (χ1v) is 17.8. The first-order valence-electron chi connectivity index (χ1n) is 17.0. The summed E-state index contributed by atoms with van der Waals surface area (Å²) in [6, 6.07) is 60.6. The molecule has 0 bridgehead atoms. The topological polar surface area (TPSA) is 3.24 Å². The molecule has 2 heteroatoms. The minimum atomic E-state index is -0.0884. The molecule has 0 radical (unpaired) electrons. The lowest BCUT2D eigenvalue weighted by molar-refractivity contribution is 0.660. The van der Waals surface area contributed by atoms with E-state index >= 15 is 0 Å². The fraction of sp³-hybridized carbons (Fsp3) is 0.0638. The van der Waals surface area contributed by atoms with Crippen LogP contribution in [0.15, 0.2) is 164 Å². The zero-order valence-electron chi connectivity index (χ0n) is 27.4. The van der Waals surface area contributed by atoms with Crippen molar-refractivity contribution in [1.29, 1.82) is 0 Å². The molecule has 0 amide bonds. The van der Waals surface area contributed by atoms with Gasteiger partial charge in [-0.05, 0) is 79.7 Å². The van der Waals surface area contributed by atoms with Gasteiger partial charge in [-0.3, -0.25) is 0 Å². The van der Waals surface area contributed by atoms with Gasteiger partial charge < -0.3 is 4.90 Å². The van der Waals surface area contributed by atoms with Crippen LogP contribution in [0.3, 0.4) is 0 Å². The quantitative estimate of drug-likeness (QED) is 0.184. The maximum atomic E-state index is 2.49. The van der Waals surface area contributed by atoms with E-state index in [2.05, 4.69) is 183 Å². The van der Waals surface area contributed by atoms with Gasteiger partial charge in [-0.2, -0.15) is 0 Å². The van der Waals surface area contributed by atoms with E-state index in [1.807, 2.05) is 11.3 Å². The van der Waals surface area contributed by atoms with Crippen molar-refractivity contribution in [3.63, 3.8) is 0 Å². The SMILES string of the molecule is CC1(C)c2ccccc2-c2c(N(c3cccc(-c4cccc5ccccc45)c3)c3ccc4c(c3)sc3c5ccccc5ccc43)cccc21. The number of thiophene rings is 1. The molecule has 8 aromatic carbocycles. The van der Waals surface area contributed by atoms with Crippen LogP contribution in [-0.4, -0.2) is 0 Å². The van der Waals surface area contributed by atoms with Gasteiger partial charge in [0, 0.05) is 42.5 Å². The maximum Gasteiger partial charge on any atom is 0.0543 e. The van der Waals surface area contributed by atoms with Crippen LogP contribution in [0.5, 0.6) is 0 Å². The van der Waals surface area contributed by atoms with Crippen molar-refractivity contribution in [2.24, 2.45) is 0 Å². The van der Waals surface area contributed by atoms with Gasteiger partial charge in [-0.1, -0.05) is 147 Å². The molecule has 0 saturated heterocycles. The maximum absolute atomic E-state index is 2.49. The average Bonchev–Trinajstić information content (AvgIpc) is 3.64. The number of hydrogen-bond acceptors (Lipinski definition) is 2. The van der Waals surface area contributed by atoms with Gasteiger partial charge >= 0.3 is 0 Å². The summed E-state index contributed by atoms with van der Waals surface area (Å²) in [5, 5.41) is 7.76. The predicted molar refractivity (Wildman–Crippen MR) is 212 cm³/mol. The Balaban J connectivity index is 1.23. The highest BCUT2D eigenvalue weighted by molar-refractivity contribution is 7.26. The summed E-state index contributed by atoms with van der Waals surface area (Å²) in [5.74, 6) is 0. The molecule has 1 aliphatic carbocycles. The van der Waals surface area contributed by atoms with Crippen molar-refractivity contribution in [2.45, 2.75) is 19.3 Å². The van der Waals surface area contributed by atoms with E-state index in [-0.39, 0.29) is 5.41 Å². The van der Waals surface area contributed by atoms with E-state index in [0.717, 1.165) is 11.4 Å². The van der Waals surface area contributed by atoms with Gasteiger partial charge in [-0.15, -0.1) is 11.3 Å². The number of hydrogen-bond donors (Lipinski definition) is 0. The van der Waals surface area contributed by atoms with Gasteiger partial charge in [0.1, 0.15) is 0 Å². The zero-order valence-corrected chi connectivity index (χ0v) is 28.3. The molecule has 0 fully saturated rings. The highest BCUT2D eigenvalue weighted by atomic mass is 32.1. The lowest BCUT2D eigenvalue weighted by Gasteiger charge is -2.29. The van der Waals surface area contributed by atoms with Crippen molar-refractivity contribution < 1.29 is 0 Å². The minimum Gasteiger partial charge on any atom is -0.310 e. The fourth-order valence-electron chi connectivity index (χ4n) is 8.27. The van der Waals surface area contributed by atoms with Crippen molar-refractivity contribution in [2.75, 3.05) is 4.90 Å². The Morgan fingerprint density at radius 3 is 2.02 bits per heavy atom. The molecule has 1 nitrogen and oxygen atoms in total. The molecule has 0 saturated carbocycles. The Morgan fingerprint density at radius 1 is 0.469 bits per heavy atom. The molecule has 49 heavy (non-hydrogen) atoms. The molecule has 1 heterocycles. The summed E-state index contributed by atoms with van der Waals surface area (Å²) in [6.07, 6.45) is 0. The molecule has 9 aromatic rings. The molecule has 0 atom stereocenters. The molecular formula is C47H33NS. The minimum absolute atomic E-state index is 0.0884. The molecule has 0 N–H and O–H groups in total. The van der Waals surface area contributed by atoms with Crippen LogP contribution in [0.25, 0.3) is 64.0 Å². The molecule has 0 spiro atoms. The van der Waals surface area contributed by atoms with Crippen LogP contribution in [0.1, 0.15) is 25.0 Å². The summed E-state index contributed by atoms with van der Waals surface area (Å²) < 4.78 is 2.65. The smallest absolute Gasteiger partial charge is 0.0543 e. The third kappa shape index (κ3) is 4.24. The van der Waals surface area contributed by atoms with Crippen molar-refractivity contribution in [3.8, 4) is 22.3 Å². The van der Waals surface area contributed by atoms with E-state index in [0.29, 0.717) is 0 Å². The Morgan fingerprint density at radius 2 is 1.12 bits per heavy atom. The molecule has 1 aliphatic rings. The first kappa shape index (κ1) is 28.3. The monoisotopic (exact) mass is 643 g/mol. The summed E-state index contributed by atoms with van der Waals surface area (Å²) in [7, 11) is 0. The zero-order chi connectivity index (χ0) is 32.7. The standard InChI is InChI=1S/C47H33NS/c1-47(2)41-21-8-7-19-40(41)45-42(47)22-11-23-43(45)48(33-16-9-15-32(28-33)36-20-10-14-30-12-3-5-17-35(30)36)34-25-27-38-39-26-24-31-13-4-6-18-37(31)46(39)49-44(38)29-34/h3-29H,1-2H3. The second-order valence-corrected chi connectivity index (χ2v) is 14.8. The lowest BCUT2D eigenvalue weighted by Crippen LogP contribution is -2.16. The number of benzene rings is 8. The van der Waals surface area contributed by atoms with E-state index in [4.69, 9.17) is 0 Å². The molecule has 0 aliphatic heterocycles. The van der Waals surface area contributed by atoms with Gasteiger partial charge in [0.2, 0.25) is 0 Å². The second-order valence-electron chi connectivity index (χ2n) is 13.7. The van der Waals surface area contributed by atoms with E-state index < -0.39 is 0 Å². The van der Waals surface area contributed by atoms with Gasteiger partial charge in [-0.25, -0.2) is 0 Å². The average molecular weight is 644 g/mol. The number of fused-ring (bicyclic) bond motifs is 9. The van der Waals surface area contributed by atoms with Crippen molar-refractivity contribution in [1.82, 2.24) is 0 Å². The predicted octanol–water partition coefficient (Wildman–Crippen LogP) is 13.8. The number of rotatable bonds is 4. The third-order valence-electron chi connectivity index (χ3n) is 10.6. The van der Waals surface area contributed by atoms with E-state index in [1.54, 1.807) is 0 Å². The summed E-state index contributed by atoms with van der Waals surface area (Å²) in [4.78, 5) is 2.49. The van der Waals surface area contributed by atoms with Crippen molar-refractivity contribution >= 4 is 70.1 Å². The number of nitrogens with zero attached hydrogens (tertiary/aromatic N) is 1. The third-order valence-corrected chi connectivity index (χ3v) is 11.8. The highest BCUT2D eigenvalue weighted by Gasteiger charge is 2.37. The number of anilines is 3. The Labute approximate surface area is 290 Å². The van der Waals surface area contributed by atoms with Gasteiger partial charge in [0.15, 0.2) is 0 Å². The van der Waals surface area contributed by atoms with E-state index in [1.165, 1.54) is 80.8 Å². The summed E-state index contributed by atoms with van der Waals surface area (Å²) >= 11 is 1.90. The molecule has 1 aromatic heterocycles. The largest absolute Gasteiger partial charge is 0.310 e. The van der Waals surface area contributed by atoms with Crippen LogP contribution in [0, 0.1) is 0 Å². The lowest BCUT2D eigenvalue weighted by atomic mass is 9.82. The first-order chi connectivity index (χ1) is 24.1. The summed E-state index contributed by atoms with van der Waals surface area (Å²) in [5.41, 5.74) is 11.3. The molecule has 0 unspecified atom stereocenters.